The lowest BCUT2D eigenvalue weighted by Gasteiger charge is -2.36. The van der Waals surface area contributed by atoms with Gasteiger partial charge in [-0.2, -0.15) is 11.8 Å². The molecule has 1 N–H and O–H groups in total. The normalized spacial score (nSPS) is 19.9. The first-order valence-electron chi connectivity index (χ1n) is 6.13. The van der Waals surface area contributed by atoms with E-state index in [2.05, 4.69) is 11.8 Å². The minimum Gasteiger partial charge on any atom is -0.478 e. The summed E-state index contributed by atoms with van der Waals surface area (Å²) < 4.78 is 0. The minimum absolute atomic E-state index is 0.425. The molecule has 0 spiro atoms. The molecule has 1 aliphatic heterocycles. The molecule has 0 aliphatic carbocycles. The monoisotopic (exact) mass is 297 g/mol. The summed E-state index contributed by atoms with van der Waals surface area (Å²) in [5, 5.41) is 9.43. The van der Waals surface area contributed by atoms with Crippen LogP contribution in [-0.4, -0.2) is 35.2 Å². The molecule has 19 heavy (non-hydrogen) atoms. The molecule has 1 aliphatic rings. The van der Waals surface area contributed by atoms with Crippen LogP contribution in [0.4, 0.5) is 5.69 Å². The van der Waals surface area contributed by atoms with Gasteiger partial charge in [0.2, 0.25) is 0 Å². The van der Waals surface area contributed by atoms with Gasteiger partial charge in [0.25, 0.3) is 0 Å². The van der Waals surface area contributed by atoms with E-state index in [4.69, 9.17) is 16.7 Å². The molecular formula is C14H16ClNO2S. The molecule has 1 aromatic carbocycles. The highest BCUT2D eigenvalue weighted by atomic mass is 35.5. The number of thioether (sulfide) groups is 1. The van der Waals surface area contributed by atoms with E-state index in [1.54, 1.807) is 12.1 Å². The fourth-order valence-corrected chi connectivity index (χ4v) is 3.33. The van der Waals surface area contributed by atoms with Crippen molar-refractivity contribution in [1.82, 2.24) is 0 Å². The van der Waals surface area contributed by atoms with Crippen LogP contribution in [0.1, 0.15) is 12.5 Å². The van der Waals surface area contributed by atoms with Crippen LogP contribution >= 0.6 is 23.4 Å². The second-order valence-electron chi connectivity index (χ2n) is 4.49. The van der Waals surface area contributed by atoms with Gasteiger partial charge < -0.3 is 10.0 Å². The lowest BCUT2D eigenvalue weighted by Crippen LogP contribution is -2.40. The van der Waals surface area contributed by atoms with Crippen LogP contribution < -0.4 is 4.90 Å². The first-order valence-corrected chi connectivity index (χ1v) is 7.66. The van der Waals surface area contributed by atoms with Gasteiger partial charge in [-0.25, -0.2) is 4.79 Å². The molecule has 2 rings (SSSR count). The van der Waals surface area contributed by atoms with Crippen molar-refractivity contribution < 1.29 is 9.90 Å². The Kier molecular flexibility index (Phi) is 4.77. The third kappa shape index (κ3) is 3.67. The molecule has 1 unspecified atom stereocenters. The van der Waals surface area contributed by atoms with Crippen molar-refractivity contribution in [3.63, 3.8) is 0 Å². The fourth-order valence-electron chi connectivity index (χ4n) is 2.15. The van der Waals surface area contributed by atoms with E-state index in [1.165, 1.54) is 0 Å². The fraction of sp³-hybridized carbons (Fsp3) is 0.357. The van der Waals surface area contributed by atoms with Gasteiger partial charge in [0.1, 0.15) is 0 Å². The maximum absolute atomic E-state index is 10.7. The predicted octanol–water partition coefficient (Wildman–Crippen LogP) is 3.38. The smallest absolute Gasteiger partial charge is 0.328 e. The van der Waals surface area contributed by atoms with Crippen LogP contribution in [0, 0.1) is 0 Å². The molecule has 5 heteroatoms. The highest BCUT2D eigenvalue weighted by molar-refractivity contribution is 7.99. The molecule has 1 aromatic rings. The maximum Gasteiger partial charge on any atom is 0.328 e. The Bertz CT molecular complexity index is 504. The molecule has 3 nitrogen and oxygen atoms in total. The lowest BCUT2D eigenvalue weighted by atomic mass is 10.1. The summed E-state index contributed by atoms with van der Waals surface area (Å²) in [5.41, 5.74) is 1.91. The van der Waals surface area contributed by atoms with E-state index < -0.39 is 5.97 Å². The Morgan fingerprint density at radius 3 is 3.05 bits per heavy atom. The van der Waals surface area contributed by atoms with Crippen LogP contribution in [0.5, 0.6) is 0 Å². The van der Waals surface area contributed by atoms with Gasteiger partial charge in [-0.1, -0.05) is 17.7 Å². The SMILES string of the molecule is CC1CSCCN1c1cc(Cl)ccc1/C=C/C(=O)O. The second-order valence-corrected chi connectivity index (χ2v) is 6.08. The van der Waals surface area contributed by atoms with Crippen LogP contribution in [0.15, 0.2) is 24.3 Å². The Morgan fingerprint density at radius 2 is 2.37 bits per heavy atom. The molecule has 1 saturated heterocycles. The zero-order chi connectivity index (χ0) is 13.8. The van der Waals surface area contributed by atoms with Gasteiger partial charge in [0, 0.05) is 40.9 Å². The minimum atomic E-state index is -0.942. The lowest BCUT2D eigenvalue weighted by molar-refractivity contribution is -0.131. The van der Waals surface area contributed by atoms with E-state index in [0.717, 1.165) is 35.4 Å². The molecule has 0 bridgehead atoms. The number of nitrogens with zero attached hydrogens (tertiary/aromatic N) is 1. The quantitative estimate of drug-likeness (QED) is 0.868. The van der Waals surface area contributed by atoms with Crippen LogP contribution in [0.2, 0.25) is 5.02 Å². The van der Waals surface area contributed by atoms with Gasteiger partial charge in [-0.3, -0.25) is 0 Å². The number of hydrogen-bond acceptors (Lipinski definition) is 3. The predicted molar refractivity (Wildman–Crippen MR) is 82.3 cm³/mol. The Labute approximate surface area is 122 Å². The summed E-state index contributed by atoms with van der Waals surface area (Å²) in [4.78, 5) is 13.0. The largest absolute Gasteiger partial charge is 0.478 e. The number of hydrogen-bond donors (Lipinski definition) is 1. The third-order valence-corrected chi connectivity index (χ3v) is 4.50. The highest BCUT2D eigenvalue weighted by Crippen LogP contribution is 2.30. The van der Waals surface area contributed by atoms with Gasteiger partial charge in [0.05, 0.1) is 0 Å². The van der Waals surface area contributed by atoms with Crippen molar-refractivity contribution in [3.05, 3.63) is 34.9 Å². The number of carboxylic acids is 1. The molecule has 0 radical (unpaired) electrons. The third-order valence-electron chi connectivity index (χ3n) is 3.08. The summed E-state index contributed by atoms with van der Waals surface area (Å²) in [6.45, 7) is 3.14. The molecule has 1 atom stereocenters. The van der Waals surface area contributed by atoms with Gasteiger partial charge in [-0.15, -0.1) is 0 Å². The van der Waals surface area contributed by atoms with Crippen molar-refractivity contribution in [2.75, 3.05) is 23.0 Å². The maximum atomic E-state index is 10.7. The Morgan fingerprint density at radius 1 is 1.58 bits per heavy atom. The molecule has 0 saturated carbocycles. The van der Waals surface area contributed by atoms with Gasteiger partial charge >= 0.3 is 5.97 Å². The molecular weight excluding hydrogens is 282 g/mol. The molecule has 0 amide bonds. The summed E-state index contributed by atoms with van der Waals surface area (Å²) >= 11 is 8.02. The van der Waals surface area contributed by atoms with Crippen molar-refractivity contribution in [2.45, 2.75) is 13.0 Å². The summed E-state index contributed by atoms with van der Waals surface area (Å²) in [7, 11) is 0. The zero-order valence-electron chi connectivity index (χ0n) is 10.7. The van der Waals surface area contributed by atoms with E-state index >= 15 is 0 Å². The van der Waals surface area contributed by atoms with Crippen LogP contribution in [-0.2, 0) is 4.79 Å². The molecule has 102 valence electrons. The topological polar surface area (TPSA) is 40.5 Å². The summed E-state index contributed by atoms with van der Waals surface area (Å²) in [5.74, 6) is 1.22. The number of halogens is 1. The molecule has 0 aromatic heterocycles. The number of carboxylic acid groups (broad SMARTS) is 1. The van der Waals surface area contributed by atoms with Crippen LogP contribution in [0.25, 0.3) is 6.08 Å². The van der Waals surface area contributed by atoms with Gasteiger partial charge in [-0.05, 0) is 30.7 Å². The number of aliphatic carboxylic acids is 1. The molecule has 1 heterocycles. The second kappa shape index (κ2) is 6.35. The first kappa shape index (κ1) is 14.3. The van der Waals surface area contributed by atoms with Crippen molar-refractivity contribution in [1.29, 1.82) is 0 Å². The summed E-state index contributed by atoms with van der Waals surface area (Å²) in [6.07, 6.45) is 2.79. The Hall–Kier alpha value is -1.13. The average Bonchev–Trinajstić information content (AvgIpc) is 2.37. The highest BCUT2D eigenvalue weighted by Gasteiger charge is 2.20. The molecule has 1 fully saturated rings. The van der Waals surface area contributed by atoms with Crippen molar-refractivity contribution in [2.24, 2.45) is 0 Å². The van der Waals surface area contributed by atoms with Crippen molar-refractivity contribution in [3.8, 4) is 0 Å². The number of anilines is 1. The van der Waals surface area contributed by atoms with E-state index in [1.807, 2.05) is 23.9 Å². The van der Waals surface area contributed by atoms with Crippen LogP contribution in [0.3, 0.4) is 0 Å². The van der Waals surface area contributed by atoms with E-state index in [0.29, 0.717) is 11.1 Å². The average molecular weight is 298 g/mol. The van der Waals surface area contributed by atoms with Crippen molar-refractivity contribution >= 4 is 41.1 Å². The van der Waals surface area contributed by atoms with Gasteiger partial charge in [0.15, 0.2) is 0 Å². The van der Waals surface area contributed by atoms with E-state index in [-0.39, 0.29) is 0 Å². The Balaban J connectivity index is 2.36. The summed E-state index contributed by atoms with van der Waals surface area (Å²) in [6, 6.07) is 5.99. The number of rotatable bonds is 3. The first-order chi connectivity index (χ1) is 9.08. The van der Waals surface area contributed by atoms with E-state index in [9.17, 15) is 4.79 Å². The number of benzene rings is 1. The number of carbonyl (C=O) groups is 1. The standard InChI is InChI=1S/C14H16ClNO2S/c1-10-9-19-7-6-16(10)13-8-12(15)4-2-11(13)3-5-14(17)18/h2-5,8,10H,6-7,9H2,1H3,(H,17,18)/b5-3+. The zero-order valence-corrected chi connectivity index (χ0v) is 12.2.